The summed E-state index contributed by atoms with van der Waals surface area (Å²) in [7, 11) is 1.57. The number of carbonyl (C=O) groups is 1. The van der Waals surface area contributed by atoms with Crippen LogP contribution in [0.3, 0.4) is 0 Å². The highest BCUT2D eigenvalue weighted by atomic mass is 16.7. The van der Waals surface area contributed by atoms with Crippen molar-refractivity contribution in [3.8, 4) is 11.5 Å². The third kappa shape index (κ3) is 5.01. The van der Waals surface area contributed by atoms with Gasteiger partial charge in [-0.3, -0.25) is 0 Å². The quantitative estimate of drug-likeness (QED) is 0.367. The molecule has 4 atom stereocenters. The van der Waals surface area contributed by atoms with E-state index in [2.05, 4.69) is 6.92 Å². The second-order valence-electron chi connectivity index (χ2n) is 9.06. The van der Waals surface area contributed by atoms with Gasteiger partial charge in [0.15, 0.2) is 5.79 Å². The first-order valence-electron chi connectivity index (χ1n) is 11.9. The number of rotatable bonds is 9. The molecule has 6 nitrogen and oxygen atoms in total. The Kier molecular flexibility index (Phi) is 7.07. The fourth-order valence-electron chi connectivity index (χ4n) is 5.24. The summed E-state index contributed by atoms with van der Waals surface area (Å²) in [6.07, 6.45) is 11.0. The molecule has 0 aromatic heterocycles. The fraction of sp³-hybridized carbons (Fsp3) is 0.720. The molecule has 172 valence electrons. The number of hydrogen-bond acceptors (Lipinski definition) is 6. The van der Waals surface area contributed by atoms with Crippen LogP contribution in [0, 0.1) is 0 Å². The van der Waals surface area contributed by atoms with E-state index in [0.717, 1.165) is 63.4 Å². The van der Waals surface area contributed by atoms with Crippen LogP contribution in [0.25, 0.3) is 0 Å². The van der Waals surface area contributed by atoms with E-state index in [1.165, 1.54) is 6.42 Å². The molecule has 3 aliphatic heterocycles. The molecule has 1 aromatic carbocycles. The number of benzene rings is 1. The van der Waals surface area contributed by atoms with Crippen molar-refractivity contribution < 1.29 is 28.5 Å². The van der Waals surface area contributed by atoms with Gasteiger partial charge in [-0.2, -0.15) is 0 Å². The van der Waals surface area contributed by atoms with Crippen LogP contribution in [0.4, 0.5) is 0 Å². The normalized spacial score (nSPS) is 29.8. The maximum atomic E-state index is 12.4. The lowest BCUT2D eigenvalue weighted by Gasteiger charge is -2.38. The van der Waals surface area contributed by atoms with Crippen LogP contribution < -0.4 is 9.47 Å². The van der Waals surface area contributed by atoms with Gasteiger partial charge < -0.3 is 23.7 Å². The van der Waals surface area contributed by atoms with Gasteiger partial charge in [-0.05, 0) is 58.4 Å². The third-order valence-corrected chi connectivity index (χ3v) is 6.74. The predicted octanol–water partition coefficient (Wildman–Crippen LogP) is 5.72. The minimum atomic E-state index is -0.304. The Hall–Kier alpha value is -1.79. The summed E-state index contributed by atoms with van der Waals surface area (Å²) in [6, 6.07) is 3.69. The molecule has 0 aliphatic carbocycles. The summed E-state index contributed by atoms with van der Waals surface area (Å²) in [6.45, 7) is 4.65. The molecular formula is C25H36O6. The van der Waals surface area contributed by atoms with Crippen LogP contribution in [0.15, 0.2) is 12.1 Å². The van der Waals surface area contributed by atoms with E-state index in [4.69, 9.17) is 23.7 Å². The van der Waals surface area contributed by atoms with Crippen molar-refractivity contribution in [1.82, 2.24) is 0 Å². The smallest absolute Gasteiger partial charge is 0.342 e. The lowest BCUT2D eigenvalue weighted by Crippen LogP contribution is -2.40. The number of cyclic esters (lactones) is 1. The molecule has 4 rings (SSSR count). The van der Waals surface area contributed by atoms with Crippen LogP contribution in [0.2, 0.25) is 0 Å². The first-order valence-corrected chi connectivity index (χ1v) is 11.9. The molecule has 2 saturated heterocycles. The summed E-state index contributed by atoms with van der Waals surface area (Å²) < 4.78 is 29.2. The molecule has 31 heavy (non-hydrogen) atoms. The van der Waals surface area contributed by atoms with Gasteiger partial charge in [0.05, 0.1) is 25.9 Å². The van der Waals surface area contributed by atoms with Gasteiger partial charge in [0.25, 0.3) is 0 Å². The summed E-state index contributed by atoms with van der Waals surface area (Å²) in [5.41, 5.74) is 1.43. The molecule has 0 saturated carbocycles. The zero-order valence-corrected chi connectivity index (χ0v) is 19.1. The second-order valence-corrected chi connectivity index (χ2v) is 9.06. The van der Waals surface area contributed by atoms with Crippen molar-refractivity contribution in [3.05, 3.63) is 23.3 Å². The predicted molar refractivity (Wildman–Crippen MR) is 117 cm³/mol. The lowest BCUT2D eigenvalue weighted by atomic mass is 9.95. The standard InChI is InChI=1S/C25H36O6/c1-4-28-19-15-20-21(29-24(26)23(20)22(16-19)27-3)11-7-5-6-9-18-10-8-13-25(31-18)14-12-17(2)30-25/h15-18,21H,4-14H2,1-3H3. The van der Waals surface area contributed by atoms with E-state index in [9.17, 15) is 4.79 Å². The zero-order chi connectivity index (χ0) is 21.8. The maximum Gasteiger partial charge on any atom is 0.342 e. The topological polar surface area (TPSA) is 63.2 Å². The number of hydrogen-bond donors (Lipinski definition) is 0. The van der Waals surface area contributed by atoms with E-state index >= 15 is 0 Å². The van der Waals surface area contributed by atoms with Gasteiger partial charge in [-0.25, -0.2) is 4.79 Å². The minimum Gasteiger partial charge on any atom is -0.496 e. The largest absolute Gasteiger partial charge is 0.496 e. The van der Waals surface area contributed by atoms with Crippen molar-refractivity contribution in [3.63, 3.8) is 0 Å². The summed E-state index contributed by atoms with van der Waals surface area (Å²) in [4.78, 5) is 12.4. The van der Waals surface area contributed by atoms with Crippen molar-refractivity contribution in [2.24, 2.45) is 0 Å². The molecule has 4 unspecified atom stereocenters. The Bertz CT molecular complexity index is 774. The number of fused-ring (bicyclic) bond motifs is 1. The molecule has 0 amide bonds. The highest BCUT2D eigenvalue weighted by molar-refractivity contribution is 5.97. The van der Waals surface area contributed by atoms with Gasteiger partial charge in [0.1, 0.15) is 23.2 Å². The van der Waals surface area contributed by atoms with Gasteiger partial charge in [0.2, 0.25) is 0 Å². The van der Waals surface area contributed by atoms with Crippen molar-refractivity contribution >= 4 is 5.97 Å². The van der Waals surface area contributed by atoms with E-state index in [1.807, 2.05) is 13.0 Å². The van der Waals surface area contributed by atoms with Crippen LogP contribution in [-0.2, 0) is 14.2 Å². The van der Waals surface area contributed by atoms with Crippen LogP contribution in [0.5, 0.6) is 11.5 Å². The number of methoxy groups -OCH3 is 1. The molecule has 1 aromatic rings. The van der Waals surface area contributed by atoms with E-state index < -0.39 is 0 Å². The molecule has 1 spiro atoms. The van der Waals surface area contributed by atoms with Crippen molar-refractivity contribution in [2.75, 3.05) is 13.7 Å². The van der Waals surface area contributed by atoms with Crippen molar-refractivity contribution in [2.45, 2.75) is 102 Å². The summed E-state index contributed by atoms with van der Waals surface area (Å²) in [5, 5.41) is 0. The average Bonchev–Trinajstić information content (AvgIpc) is 3.27. The van der Waals surface area contributed by atoms with E-state index in [1.54, 1.807) is 13.2 Å². The Morgan fingerprint density at radius 1 is 1.10 bits per heavy atom. The monoisotopic (exact) mass is 432 g/mol. The zero-order valence-electron chi connectivity index (χ0n) is 19.1. The van der Waals surface area contributed by atoms with Crippen LogP contribution in [-0.4, -0.2) is 37.7 Å². The minimum absolute atomic E-state index is 0.223. The molecule has 0 radical (unpaired) electrons. The van der Waals surface area contributed by atoms with Gasteiger partial charge in [0, 0.05) is 24.5 Å². The number of esters is 1. The molecule has 3 heterocycles. The summed E-state index contributed by atoms with van der Waals surface area (Å²) >= 11 is 0. The second kappa shape index (κ2) is 9.78. The molecule has 2 fully saturated rings. The fourth-order valence-corrected chi connectivity index (χ4v) is 5.24. The maximum absolute atomic E-state index is 12.4. The first kappa shape index (κ1) is 22.4. The van der Waals surface area contributed by atoms with Gasteiger partial charge >= 0.3 is 5.97 Å². The molecule has 0 bridgehead atoms. The summed E-state index contributed by atoms with van der Waals surface area (Å²) in [5.74, 6) is 0.640. The number of ether oxygens (including phenoxy) is 5. The number of unbranched alkanes of at least 4 members (excludes halogenated alkanes) is 2. The SMILES string of the molecule is CCOc1cc(OC)c2c(c1)C(CCCCCC1CCCC3(CCC(C)O3)O1)OC2=O. The van der Waals surface area contributed by atoms with Crippen molar-refractivity contribution in [1.29, 1.82) is 0 Å². The Morgan fingerprint density at radius 2 is 1.94 bits per heavy atom. The molecule has 6 heteroatoms. The average molecular weight is 433 g/mol. The highest BCUT2D eigenvalue weighted by Crippen LogP contribution is 2.43. The van der Waals surface area contributed by atoms with Gasteiger partial charge in [-0.15, -0.1) is 0 Å². The Morgan fingerprint density at radius 3 is 2.68 bits per heavy atom. The van der Waals surface area contributed by atoms with E-state index in [-0.39, 0.29) is 17.9 Å². The Balaban J connectivity index is 1.26. The van der Waals surface area contributed by atoms with Crippen LogP contribution in [0.1, 0.15) is 100 Å². The highest BCUT2D eigenvalue weighted by Gasteiger charge is 2.43. The third-order valence-electron chi connectivity index (χ3n) is 6.74. The Labute approximate surface area is 185 Å². The molecule has 3 aliphatic rings. The molecular weight excluding hydrogens is 396 g/mol. The first-order chi connectivity index (χ1) is 15.0. The van der Waals surface area contributed by atoms with Crippen LogP contribution >= 0.6 is 0 Å². The molecule has 0 N–H and O–H groups in total. The lowest BCUT2D eigenvalue weighted by molar-refractivity contribution is -0.269. The van der Waals surface area contributed by atoms with Gasteiger partial charge in [-0.1, -0.05) is 12.8 Å². The number of carbonyl (C=O) groups excluding carboxylic acids is 1. The van der Waals surface area contributed by atoms with E-state index in [0.29, 0.717) is 35.9 Å².